The SMILES string of the molecule is CCOC(=O)[C@H]1CCC(=O)N(Cc2ccccc2)[C@H]1C. The molecule has 1 aliphatic rings. The summed E-state index contributed by atoms with van der Waals surface area (Å²) in [6.45, 7) is 4.67. The van der Waals surface area contributed by atoms with E-state index >= 15 is 0 Å². The molecule has 0 saturated carbocycles. The van der Waals surface area contributed by atoms with Gasteiger partial charge in [-0.1, -0.05) is 30.3 Å². The summed E-state index contributed by atoms with van der Waals surface area (Å²) in [5.41, 5.74) is 1.08. The molecule has 1 aromatic carbocycles. The first-order valence-corrected chi connectivity index (χ1v) is 7.13. The van der Waals surface area contributed by atoms with E-state index in [1.54, 1.807) is 11.8 Å². The second kappa shape index (κ2) is 6.55. The Kier molecular flexibility index (Phi) is 4.77. The standard InChI is InChI=1S/C16H21NO3/c1-3-20-16(19)14-9-10-15(18)17(12(14)2)11-13-7-5-4-6-8-13/h4-8,12,14H,3,9-11H2,1-2H3/t12-,14-/m0/s1. The number of hydrogen-bond donors (Lipinski definition) is 0. The molecule has 0 aliphatic carbocycles. The number of amides is 1. The molecule has 2 atom stereocenters. The van der Waals surface area contributed by atoms with Crippen LogP contribution in [0.2, 0.25) is 0 Å². The van der Waals surface area contributed by atoms with Gasteiger partial charge in [-0.15, -0.1) is 0 Å². The Morgan fingerprint density at radius 3 is 2.70 bits per heavy atom. The van der Waals surface area contributed by atoms with E-state index in [4.69, 9.17) is 4.74 Å². The highest BCUT2D eigenvalue weighted by Crippen LogP contribution is 2.27. The van der Waals surface area contributed by atoms with Crippen LogP contribution < -0.4 is 0 Å². The van der Waals surface area contributed by atoms with Crippen molar-refractivity contribution in [2.45, 2.75) is 39.3 Å². The summed E-state index contributed by atoms with van der Waals surface area (Å²) in [6, 6.07) is 9.73. The lowest BCUT2D eigenvalue weighted by atomic mass is 9.89. The summed E-state index contributed by atoms with van der Waals surface area (Å²) < 4.78 is 5.11. The molecular formula is C16H21NO3. The van der Waals surface area contributed by atoms with Crippen molar-refractivity contribution in [1.29, 1.82) is 0 Å². The van der Waals surface area contributed by atoms with Gasteiger partial charge >= 0.3 is 5.97 Å². The Balaban J connectivity index is 2.10. The quantitative estimate of drug-likeness (QED) is 0.793. The van der Waals surface area contributed by atoms with Crippen LogP contribution in [0.25, 0.3) is 0 Å². The van der Waals surface area contributed by atoms with Crippen LogP contribution in [-0.4, -0.2) is 29.4 Å². The first-order chi connectivity index (χ1) is 9.63. The summed E-state index contributed by atoms with van der Waals surface area (Å²) in [7, 11) is 0. The Hall–Kier alpha value is -1.84. The van der Waals surface area contributed by atoms with E-state index in [-0.39, 0.29) is 23.8 Å². The molecule has 1 heterocycles. The van der Waals surface area contributed by atoms with Crippen LogP contribution in [0.1, 0.15) is 32.3 Å². The summed E-state index contributed by atoms with van der Waals surface area (Å²) >= 11 is 0. The number of carbonyl (C=O) groups excluding carboxylic acids is 2. The molecular weight excluding hydrogens is 254 g/mol. The molecule has 20 heavy (non-hydrogen) atoms. The number of ether oxygens (including phenoxy) is 1. The van der Waals surface area contributed by atoms with Crippen LogP contribution in [0.3, 0.4) is 0 Å². The van der Waals surface area contributed by atoms with Gasteiger partial charge in [0.15, 0.2) is 0 Å². The fraction of sp³-hybridized carbons (Fsp3) is 0.500. The van der Waals surface area contributed by atoms with Crippen LogP contribution in [-0.2, 0) is 20.9 Å². The normalized spacial score (nSPS) is 22.7. The molecule has 1 saturated heterocycles. The molecule has 0 N–H and O–H groups in total. The van der Waals surface area contributed by atoms with E-state index in [1.807, 2.05) is 37.3 Å². The molecule has 4 nitrogen and oxygen atoms in total. The average molecular weight is 275 g/mol. The lowest BCUT2D eigenvalue weighted by Crippen LogP contribution is -2.49. The summed E-state index contributed by atoms with van der Waals surface area (Å²) in [4.78, 5) is 25.9. The number of likely N-dealkylation sites (tertiary alicyclic amines) is 1. The Labute approximate surface area is 119 Å². The van der Waals surface area contributed by atoms with E-state index in [1.165, 1.54) is 0 Å². The van der Waals surface area contributed by atoms with Gasteiger partial charge in [-0.25, -0.2) is 0 Å². The van der Waals surface area contributed by atoms with Gasteiger partial charge in [0, 0.05) is 19.0 Å². The zero-order chi connectivity index (χ0) is 14.5. The molecule has 1 fully saturated rings. The molecule has 0 unspecified atom stereocenters. The number of rotatable bonds is 4. The molecule has 0 radical (unpaired) electrons. The molecule has 0 spiro atoms. The maximum absolute atomic E-state index is 12.1. The zero-order valence-corrected chi connectivity index (χ0v) is 12.0. The van der Waals surface area contributed by atoms with E-state index in [2.05, 4.69) is 0 Å². The van der Waals surface area contributed by atoms with Gasteiger partial charge in [0.25, 0.3) is 0 Å². The number of esters is 1. The van der Waals surface area contributed by atoms with Crippen molar-refractivity contribution in [3.05, 3.63) is 35.9 Å². The number of hydrogen-bond acceptors (Lipinski definition) is 3. The number of carbonyl (C=O) groups is 2. The Morgan fingerprint density at radius 1 is 1.35 bits per heavy atom. The molecule has 0 bridgehead atoms. The van der Waals surface area contributed by atoms with Crippen molar-refractivity contribution in [3.8, 4) is 0 Å². The van der Waals surface area contributed by atoms with Crippen molar-refractivity contribution in [2.75, 3.05) is 6.61 Å². The van der Waals surface area contributed by atoms with Crippen molar-refractivity contribution >= 4 is 11.9 Å². The molecule has 0 aromatic heterocycles. The number of benzene rings is 1. The van der Waals surface area contributed by atoms with Crippen LogP contribution in [0.4, 0.5) is 0 Å². The van der Waals surface area contributed by atoms with Gasteiger partial charge in [-0.2, -0.15) is 0 Å². The molecule has 108 valence electrons. The van der Waals surface area contributed by atoms with Crippen molar-refractivity contribution in [2.24, 2.45) is 5.92 Å². The maximum Gasteiger partial charge on any atom is 0.311 e. The summed E-state index contributed by atoms with van der Waals surface area (Å²) in [5.74, 6) is -0.288. The van der Waals surface area contributed by atoms with Crippen molar-refractivity contribution in [1.82, 2.24) is 4.90 Å². The van der Waals surface area contributed by atoms with Gasteiger partial charge in [-0.3, -0.25) is 9.59 Å². The highest BCUT2D eigenvalue weighted by atomic mass is 16.5. The van der Waals surface area contributed by atoms with E-state index in [0.29, 0.717) is 26.0 Å². The molecule has 2 rings (SSSR count). The predicted molar refractivity (Wildman–Crippen MR) is 75.8 cm³/mol. The third-order valence-electron chi connectivity index (χ3n) is 3.85. The maximum atomic E-state index is 12.1. The molecule has 1 amide bonds. The highest BCUT2D eigenvalue weighted by Gasteiger charge is 2.37. The van der Waals surface area contributed by atoms with E-state index in [0.717, 1.165) is 5.56 Å². The first kappa shape index (κ1) is 14.6. The lowest BCUT2D eigenvalue weighted by molar-refractivity contribution is -0.156. The summed E-state index contributed by atoms with van der Waals surface area (Å²) in [6.07, 6.45) is 1.00. The Morgan fingerprint density at radius 2 is 2.05 bits per heavy atom. The second-order valence-electron chi connectivity index (χ2n) is 5.15. The summed E-state index contributed by atoms with van der Waals surface area (Å²) in [5, 5.41) is 0. The smallest absolute Gasteiger partial charge is 0.311 e. The minimum absolute atomic E-state index is 0.113. The second-order valence-corrected chi connectivity index (χ2v) is 5.15. The van der Waals surface area contributed by atoms with Crippen LogP contribution in [0.15, 0.2) is 30.3 Å². The molecule has 4 heteroatoms. The predicted octanol–water partition coefficient (Wildman–Crippen LogP) is 2.38. The fourth-order valence-corrected chi connectivity index (χ4v) is 2.68. The van der Waals surface area contributed by atoms with Crippen molar-refractivity contribution < 1.29 is 14.3 Å². The average Bonchev–Trinajstić information content (AvgIpc) is 2.45. The third kappa shape index (κ3) is 3.18. The number of nitrogens with zero attached hydrogens (tertiary/aromatic N) is 1. The largest absolute Gasteiger partial charge is 0.466 e. The van der Waals surface area contributed by atoms with Gasteiger partial charge in [0.2, 0.25) is 5.91 Å². The van der Waals surface area contributed by atoms with E-state index in [9.17, 15) is 9.59 Å². The highest BCUT2D eigenvalue weighted by molar-refractivity contribution is 5.82. The van der Waals surface area contributed by atoms with Gasteiger partial charge in [-0.05, 0) is 25.8 Å². The van der Waals surface area contributed by atoms with Gasteiger partial charge in [0.05, 0.1) is 12.5 Å². The zero-order valence-electron chi connectivity index (χ0n) is 12.0. The number of piperidine rings is 1. The van der Waals surface area contributed by atoms with Crippen LogP contribution in [0.5, 0.6) is 0 Å². The third-order valence-corrected chi connectivity index (χ3v) is 3.85. The Bertz CT molecular complexity index is 472. The topological polar surface area (TPSA) is 46.6 Å². The van der Waals surface area contributed by atoms with Crippen molar-refractivity contribution in [3.63, 3.8) is 0 Å². The van der Waals surface area contributed by atoms with Gasteiger partial charge < -0.3 is 9.64 Å². The molecule has 1 aliphatic heterocycles. The monoisotopic (exact) mass is 275 g/mol. The van der Waals surface area contributed by atoms with Crippen LogP contribution >= 0.6 is 0 Å². The van der Waals surface area contributed by atoms with E-state index < -0.39 is 0 Å². The lowest BCUT2D eigenvalue weighted by Gasteiger charge is -2.38. The van der Waals surface area contributed by atoms with Crippen LogP contribution in [0, 0.1) is 5.92 Å². The minimum Gasteiger partial charge on any atom is -0.466 e. The fourth-order valence-electron chi connectivity index (χ4n) is 2.68. The first-order valence-electron chi connectivity index (χ1n) is 7.13. The minimum atomic E-state index is -0.212. The molecule has 1 aromatic rings. The van der Waals surface area contributed by atoms with Gasteiger partial charge in [0.1, 0.15) is 0 Å².